The third kappa shape index (κ3) is 2.46. The molecule has 0 bridgehead atoms. The van der Waals surface area contributed by atoms with Gasteiger partial charge in [0.2, 0.25) is 0 Å². The molecule has 0 radical (unpaired) electrons. The average Bonchev–Trinajstić information content (AvgIpc) is 3.02. The maximum atomic E-state index is 12.0. The summed E-state index contributed by atoms with van der Waals surface area (Å²) >= 11 is 0. The van der Waals surface area contributed by atoms with Crippen molar-refractivity contribution in [3.63, 3.8) is 0 Å². The molecule has 1 aromatic rings. The van der Waals surface area contributed by atoms with Gasteiger partial charge >= 0.3 is 5.97 Å². The minimum absolute atomic E-state index is 0.0437. The molecule has 2 aliphatic rings. The molecule has 0 aromatic carbocycles. The summed E-state index contributed by atoms with van der Waals surface area (Å²) in [4.78, 5) is 14.3. The van der Waals surface area contributed by atoms with Crippen LogP contribution >= 0.6 is 0 Å². The second kappa shape index (κ2) is 5.20. The van der Waals surface area contributed by atoms with Gasteiger partial charge in [-0.3, -0.25) is 14.4 Å². The van der Waals surface area contributed by atoms with Crippen molar-refractivity contribution >= 4 is 5.97 Å². The van der Waals surface area contributed by atoms with Crippen molar-refractivity contribution in [3.05, 3.63) is 17.5 Å². The summed E-state index contributed by atoms with van der Waals surface area (Å²) in [5.74, 6) is -0.0437. The van der Waals surface area contributed by atoms with E-state index >= 15 is 0 Å². The van der Waals surface area contributed by atoms with Crippen LogP contribution in [0, 0.1) is 13.8 Å². The van der Waals surface area contributed by atoms with Gasteiger partial charge in [-0.15, -0.1) is 0 Å². The third-order valence-corrected chi connectivity index (χ3v) is 4.45. The van der Waals surface area contributed by atoms with Crippen molar-refractivity contribution in [2.45, 2.75) is 64.8 Å². The fraction of sp³-hybridized carbons (Fsp3) is 0.733. The molecule has 3 heterocycles. The first-order valence-corrected chi connectivity index (χ1v) is 7.52. The van der Waals surface area contributed by atoms with Crippen LogP contribution in [-0.2, 0) is 16.1 Å². The average molecular weight is 277 g/mol. The van der Waals surface area contributed by atoms with Crippen molar-refractivity contribution < 1.29 is 9.53 Å². The summed E-state index contributed by atoms with van der Waals surface area (Å²) in [6, 6.07) is 2.45. The van der Waals surface area contributed by atoms with Crippen LogP contribution in [0.5, 0.6) is 0 Å². The number of aryl methyl sites for hydroxylation is 2. The van der Waals surface area contributed by atoms with Gasteiger partial charge < -0.3 is 4.74 Å². The number of carbonyl (C=O) groups is 1. The lowest BCUT2D eigenvalue weighted by Crippen LogP contribution is -2.43. The maximum Gasteiger partial charge on any atom is 0.323 e. The minimum atomic E-state index is -0.0468. The van der Waals surface area contributed by atoms with Gasteiger partial charge in [-0.25, -0.2) is 0 Å². The lowest BCUT2D eigenvalue weighted by atomic mass is 10.1. The molecular formula is C15H23N3O2. The number of likely N-dealkylation sites (tertiary alicyclic amines) is 1. The van der Waals surface area contributed by atoms with Crippen LogP contribution in [0.1, 0.15) is 37.6 Å². The van der Waals surface area contributed by atoms with E-state index in [1.807, 2.05) is 13.8 Å². The second-order valence-corrected chi connectivity index (χ2v) is 6.14. The SMILES string of the molecule is Cc1cc(C)n(CC2CCCN2C2CC(C)OC2=O)n1. The van der Waals surface area contributed by atoms with E-state index < -0.39 is 0 Å². The highest BCUT2D eigenvalue weighted by Gasteiger charge is 2.41. The first-order valence-electron chi connectivity index (χ1n) is 7.52. The van der Waals surface area contributed by atoms with E-state index in [2.05, 4.69) is 27.7 Å². The summed E-state index contributed by atoms with van der Waals surface area (Å²) < 4.78 is 7.38. The van der Waals surface area contributed by atoms with E-state index in [0.717, 1.165) is 38.0 Å². The summed E-state index contributed by atoms with van der Waals surface area (Å²) in [6.45, 7) is 7.95. The molecule has 5 heteroatoms. The van der Waals surface area contributed by atoms with Crippen LogP contribution in [0.25, 0.3) is 0 Å². The molecule has 3 rings (SSSR count). The minimum Gasteiger partial charge on any atom is -0.461 e. The standard InChI is InChI=1S/C15H23N3O2/c1-10-7-11(2)18(16-10)9-13-5-4-6-17(13)14-8-12(3)20-15(14)19/h7,12-14H,4-6,8-9H2,1-3H3. The number of carbonyl (C=O) groups excluding carboxylic acids is 1. The van der Waals surface area contributed by atoms with E-state index in [1.54, 1.807) is 0 Å². The number of hydrogen-bond donors (Lipinski definition) is 0. The Morgan fingerprint density at radius 1 is 1.45 bits per heavy atom. The van der Waals surface area contributed by atoms with Crippen molar-refractivity contribution in [1.29, 1.82) is 0 Å². The van der Waals surface area contributed by atoms with Gasteiger partial charge in [-0.05, 0) is 46.2 Å². The quantitative estimate of drug-likeness (QED) is 0.789. The Balaban J connectivity index is 1.73. The summed E-state index contributed by atoms with van der Waals surface area (Å²) in [7, 11) is 0. The fourth-order valence-corrected chi connectivity index (χ4v) is 3.53. The summed E-state index contributed by atoms with van der Waals surface area (Å²) in [5.41, 5.74) is 2.25. The molecule has 0 amide bonds. The molecular weight excluding hydrogens is 254 g/mol. The van der Waals surface area contributed by atoms with Crippen molar-refractivity contribution in [3.8, 4) is 0 Å². The van der Waals surface area contributed by atoms with Crippen LogP contribution in [-0.4, -0.2) is 45.4 Å². The predicted molar refractivity (Wildman–Crippen MR) is 75.4 cm³/mol. The first kappa shape index (κ1) is 13.6. The van der Waals surface area contributed by atoms with Gasteiger partial charge in [0.15, 0.2) is 0 Å². The van der Waals surface area contributed by atoms with Crippen LogP contribution in [0.15, 0.2) is 6.07 Å². The number of ether oxygens (including phenoxy) is 1. The number of cyclic esters (lactones) is 1. The molecule has 20 heavy (non-hydrogen) atoms. The van der Waals surface area contributed by atoms with Crippen molar-refractivity contribution in [2.75, 3.05) is 6.54 Å². The molecule has 3 unspecified atom stereocenters. The molecule has 2 aliphatic heterocycles. The Kier molecular flexibility index (Phi) is 3.54. The molecule has 0 saturated carbocycles. The van der Waals surface area contributed by atoms with Gasteiger partial charge in [0.25, 0.3) is 0 Å². The summed E-state index contributed by atoms with van der Waals surface area (Å²) in [5, 5.41) is 4.54. The predicted octanol–water partition coefficient (Wildman–Crippen LogP) is 1.67. The fourth-order valence-electron chi connectivity index (χ4n) is 3.53. The molecule has 5 nitrogen and oxygen atoms in total. The van der Waals surface area contributed by atoms with Crippen LogP contribution in [0.4, 0.5) is 0 Å². The van der Waals surface area contributed by atoms with Crippen LogP contribution in [0.3, 0.4) is 0 Å². The smallest absolute Gasteiger partial charge is 0.323 e. The number of rotatable bonds is 3. The first-order chi connectivity index (χ1) is 9.54. The number of nitrogens with zero attached hydrogens (tertiary/aromatic N) is 3. The lowest BCUT2D eigenvalue weighted by molar-refractivity contribution is -0.145. The number of esters is 1. The molecule has 0 spiro atoms. The van der Waals surface area contributed by atoms with Crippen LogP contribution < -0.4 is 0 Å². The van der Waals surface area contributed by atoms with Crippen molar-refractivity contribution in [2.24, 2.45) is 0 Å². The van der Waals surface area contributed by atoms with E-state index in [9.17, 15) is 4.79 Å². The highest BCUT2D eigenvalue weighted by atomic mass is 16.6. The Morgan fingerprint density at radius 3 is 2.85 bits per heavy atom. The maximum absolute atomic E-state index is 12.0. The topological polar surface area (TPSA) is 47.4 Å². The van der Waals surface area contributed by atoms with E-state index in [4.69, 9.17) is 4.74 Å². The zero-order valence-corrected chi connectivity index (χ0v) is 12.5. The monoisotopic (exact) mass is 277 g/mol. The van der Waals surface area contributed by atoms with E-state index in [1.165, 1.54) is 5.69 Å². The van der Waals surface area contributed by atoms with Crippen LogP contribution in [0.2, 0.25) is 0 Å². The van der Waals surface area contributed by atoms with Gasteiger partial charge in [0.1, 0.15) is 12.1 Å². The van der Waals surface area contributed by atoms with E-state index in [0.29, 0.717) is 6.04 Å². The van der Waals surface area contributed by atoms with E-state index in [-0.39, 0.29) is 18.1 Å². The largest absolute Gasteiger partial charge is 0.461 e. The van der Waals surface area contributed by atoms with Gasteiger partial charge in [0.05, 0.1) is 12.2 Å². The second-order valence-electron chi connectivity index (χ2n) is 6.14. The Morgan fingerprint density at radius 2 is 2.25 bits per heavy atom. The third-order valence-electron chi connectivity index (χ3n) is 4.45. The Hall–Kier alpha value is -1.36. The van der Waals surface area contributed by atoms with Gasteiger partial charge in [0, 0.05) is 18.2 Å². The molecule has 2 fully saturated rings. The normalized spacial score (nSPS) is 30.9. The molecule has 0 aliphatic carbocycles. The highest BCUT2D eigenvalue weighted by molar-refractivity contribution is 5.78. The number of hydrogen-bond acceptors (Lipinski definition) is 4. The Labute approximate surface area is 119 Å². The zero-order chi connectivity index (χ0) is 14.3. The molecule has 0 N–H and O–H groups in total. The molecule has 3 atom stereocenters. The zero-order valence-electron chi connectivity index (χ0n) is 12.5. The molecule has 1 aromatic heterocycles. The van der Waals surface area contributed by atoms with Gasteiger partial charge in [-0.1, -0.05) is 0 Å². The van der Waals surface area contributed by atoms with Crippen molar-refractivity contribution in [1.82, 2.24) is 14.7 Å². The summed E-state index contributed by atoms with van der Waals surface area (Å²) in [6.07, 6.45) is 3.17. The Bertz CT molecular complexity index is 511. The van der Waals surface area contributed by atoms with Gasteiger partial charge in [-0.2, -0.15) is 5.10 Å². The molecule has 110 valence electrons. The number of aromatic nitrogens is 2. The molecule has 2 saturated heterocycles. The lowest BCUT2D eigenvalue weighted by Gasteiger charge is -2.28. The highest BCUT2D eigenvalue weighted by Crippen LogP contribution is 2.28.